The standard InChI is InChI=1S/C11H12FN/c1-4-9-6-8(3)10(12)7-11(9)13-5-2/h4-7H,1H2,2-3H3. The predicted octanol–water partition coefficient (Wildman–Crippen LogP) is 3.50. The van der Waals surface area contributed by atoms with Gasteiger partial charge in [0.2, 0.25) is 0 Å². The highest BCUT2D eigenvalue weighted by Crippen LogP contribution is 2.23. The molecular weight excluding hydrogens is 165 g/mol. The van der Waals surface area contributed by atoms with E-state index in [1.807, 2.05) is 0 Å². The highest BCUT2D eigenvalue weighted by atomic mass is 19.1. The molecule has 0 atom stereocenters. The Morgan fingerprint density at radius 2 is 2.15 bits per heavy atom. The van der Waals surface area contributed by atoms with Gasteiger partial charge in [-0.25, -0.2) is 4.39 Å². The van der Waals surface area contributed by atoms with Crippen LogP contribution in [0.5, 0.6) is 0 Å². The van der Waals surface area contributed by atoms with Crippen LogP contribution in [0.4, 0.5) is 10.1 Å². The molecule has 1 aromatic rings. The average Bonchev–Trinajstić information content (AvgIpc) is 2.11. The summed E-state index contributed by atoms with van der Waals surface area (Å²) >= 11 is 0. The maximum atomic E-state index is 13.1. The highest BCUT2D eigenvalue weighted by Gasteiger charge is 2.02. The van der Waals surface area contributed by atoms with Gasteiger partial charge in [0.05, 0.1) is 5.69 Å². The van der Waals surface area contributed by atoms with Crippen LogP contribution in [-0.2, 0) is 0 Å². The Hall–Kier alpha value is -1.44. The van der Waals surface area contributed by atoms with Gasteiger partial charge < -0.3 is 0 Å². The number of nitrogens with zero attached hydrogens (tertiary/aromatic N) is 1. The van der Waals surface area contributed by atoms with Gasteiger partial charge in [-0.2, -0.15) is 0 Å². The van der Waals surface area contributed by atoms with Gasteiger partial charge in [-0.3, -0.25) is 4.99 Å². The molecule has 0 fully saturated rings. The third-order valence-corrected chi connectivity index (χ3v) is 1.80. The molecule has 0 saturated carbocycles. The molecule has 0 aromatic heterocycles. The fourth-order valence-electron chi connectivity index (χ4n) is 1.11. The van der Waals surface area contributed by atoms with Crippen LogP contribution in [0.3, 0.4) is 0 Å². The van der Waals surface area contributed by atoms with E-state index in [-0.39, 0.29) is 5.82 Å². The number of aryl methyl sites for hydroxylation is 1. The van der Waals surface area contributed by atoms with Crippen LogP contribution in [0.1, 0.15) is 18.1 Å². The van der Waals surface area contributed by atoms with Gasteiger partial charge in [0.15, 0.2) is 0 Å². The maximum Gasteiger partial charge on any atom is 0.128 e. The van der Waals surface area contributed by atoms with Crippen molar-refractivity contribution in [3.05, 3.63) is 35.7 Å². The summed E-state index contributed by atoms with van der Waals surface area (Å²) in [5.41, 5.74) is 2.10. The molecule has 1 aromatic carbocycles. The number of halogens is 1. The Labute approximate surface area is 77.6 Å². The van der Waals surface area contributed by atoms with E-state index < -0.39 is 0 Å². The van der Waals surface area contributed by atoms with Crippen molar-refractivity contribution in [1.29, 1.82) is 0 Å². The van der Waals surface area contributed by atoms with Crippen molar-refractivity contribution in [3.8, 4) is 0 Å². The molecule has 0 heterocycles. The van der Waals surface area contributed by atoms with E-state index in [1.165, 1.54) is 6.07 Å². The minimum atomic E-state index is -0.230. The lowest BCUT2D eigenvalue weighted by Crippen LogP contribution is -1.84. The van der Waals surface area contributed by atoms with Gasteiger partial charge in [-0.15, -0.1) is 0 Å². The molecule has 0 aliphatic rings. The number of aliphatic imine (C=N–C) groups is 1. The van der Waals surface area contributed by atoms with Crippen molar-refractivity contribution >= 4 is 18.0 Å². The lowest BCUT2D eigenvalue weighted by molar-refractivity contribution is 0.619. The molecule has 0 amide bonds. The fraction of sp³-hybridized carbons (Fsp3) is 0.182. The topological polar surface area (TPSA) is 12.4 Å². The van der Waals surface area contributed by atoms with Crippen molar-refractivity contribution in [3.63, 3.8) is 0 Å². The van der Waals surface area contributed by atoms with E-state index in [1.54, 1.807) is 32.2 Å². The normalized spacial score (nSPS) is 10.7. The van der Waals surface area contributed by atoms with E-state index in [0.717, 1.165) is 5.56 Å². The molecule has 0 radical (unpaired) electrons. The van der Waals surface area contributed by atoms with E-state index >= 15 is 0 Å². The summed E-state index contributed by atoms with van der Waals surface area (Å²) < 4.78 is 13.1. The van der Waals surface area contributed by atoms with Crippen LogP contribution in [-0.4, -0.2) is 6.21 Å². The SMILES string of the molecule is C=Cc1cc(C)c(F)cc1N=CC. The van der Waals surface area contributed by atoms with Crippen LogP contribution in [0.15, 0.2) is 23.7 Å². The quantitative estimate of drug-likeness (QED) is 0.613. The van der Waals surface area contributed by atoms with Crippen molar-refractivity contribution in [2.24, 2.45) is 4.99 Å². The van der Waals surface area contributed by atoms with Gasteiger partial charge in [-0.05, 0) is 31.0 Å². The first kappa shape index (κ1) is 9.65. The van der Waals surface area contributed by atoms with Gasteiger partial charge in [0.1, 0.15) is 5.82 Å². The summed E-state index contributed by atoms with van der Waals surface area (Å²) in [6.45, 7) is 7.17. The molecule has 2 heteroatoms. The molecular formula is C11H12FN. The highest BCUT2D eigenvalue weighted by molar-refractivity contribution is 5.69. The summed E-state index contributed by atoms with van der Waals surface area (Å²) in [6.07, 6.45) is 3.31. The van der Waals surface area contributed by atoms with Gasteiger partial charge >= 0.3 is 0 Å². The van der Waals surface area contributed by atoms with Crippen molar-refractivity contribution in [2.45, 2.75) is 13.8 Å². The zero-order chi connectivity index (χ0) is 9.84. The number of benzene rings is 1. The van der Waals surface area contributed by atoms with E-state index in [2.05, 4.69) is 11.6 Å². The Morgan fingerprint density at radius 3 is 2.69 bits per heavy atom. The molecule has 0 N–H and O–H groups in total. The number of hydrogen-bond acceptors (Lipinski definition) is 1. The Morgan fingerprint density at radius 1 is 1.46 bits per heavy atom. The maximum absolute atomic E-state index is 13.1. The second-order valence-corrected chi connectivity index (χ2v) is 2.75. The van der Waals surface area contributed by atoms with E-state index in [4.69, 9.17) is 0 Å². The fourth-order valence-corrected chi connectivity index (χ4v) is 1.11. The van der Waals surface area contributed by atoms with Crippen LogP contribution in [0, 0.1) is 12.7 Å². The van der Waals surface area contributed by atoms with Gasteiger partial charge in [-0.1, -0.05) is 12.7 Å². The molecule has 1 nitrogen and oxygen atoms in total. The Bertz CT molecular complexity index is 353. The summed E-state index contributed by atoms with van der Waals surface area (Å²) in [4.78, 5) is 4.04. The second kappa shape index (κ2) is 3.99. The largest absolute Gasteiger partial charge is 0.261 e. The van der Waals surface area contributed by atoms with Crippen LogP contribution in [0.2, 0.25) is 0 Å². The summed E-state index contributed by atoms with van der Waals surface area (Å²) in [5, 5.41) is 0. The average molecular weight is 177 g/mol. The minimum Gasteiger partial charge on any atom is -0.261 e. The molecule has 0 spiro atoms. The van der Waals surface area contributed by atoms with Crippen molar-refractivity contribution in [1.82, 2.24) is 0 Å². The van der Waals surface area contributed by atoms with Crippen LogP contribution < -0.4 is 0 Å². The summed E-state index contributed by atoms with van der Waals surface area (Å²) in [6, 6.07) is 3.16. The number of hydrogen-bond donors (Lipinski definition) is 0. The molecule has 0 aliphatic heterocycles. The molecule has 68 valence electrons. The monoisotopic (exact) mass is 177 g/mol. The Balaban J connectivity index is 3.32. The number of rotatable bonds is 2. The second-order valence-electron chi connectivity index (χ2n) is 2.75. The van der Waals surface area contributed by atoms with Crippen molar-refractivity contribution < 1.29 is 4.39 Å². The minimum absolute atomic E-state index is 0.230. The van der Waals surface area contributed by atoms with Gasteiger partial charge in [0, 0.05) is 12.3 Å². The first-order chi connectivity index (χ1) is 6.19. The molecule has 0 bridgehead atoms. The van der Waals surface area contributed by atoms with Crippen LogP contribution in [0.25, 0.3) is 6.08 Å². The predicted molar refractivity (Wildman–Crippen MR) is 55.1 cm³/mol. The first-order valence-electron chi connectivity index (χ1n) is 4.10. The smallest absolute Gasteiger partial charge is 0.128 e. The van der Waals surface area contributed by atoms with Crippen LogP contribution >= 0.6 is 0 Å². The Kier molecular flexibility index (Phi) is 2.96. The zero-order valence-corrected chi connectivity index (χ0v) is 7.84. The van der Waals surface area contributed by atoms with E-state index in [0.29, 0.717) is 11.3 Å². The molecule has 1 rings (SSSR count). The molecule has 0 aliphatic carbocycles. The lowest BCUT2D eigenvalue weighted by Gasteiger charge is -2.03. The van der Waals surface area contributed by atoms with Crippen molar-refractivity contribution in [2.75, 3.05) is 0 Å². The molecule has 13 heavy (non-hydrogen) atoms. The van der Waals surface area contributed by atoms with E-state index in [9.17, 15) is 4.39 Å². The summed E-state index contributed by atoms with van der Waals surface area (Å²) in [7, 11) is 0. The lowest BCUT2D eigenvalue weighted by atomic mass is 10.1. The third-order valence-electron chi connectivity index (χ3n) is 1.80. The molecule has 0 saturated heterocycles. The van der Waals surface area contributed by atoms with Gasteiger partial charge in [0.25, 0.3) is 0 Å². The third kappa shape index (κ3) is 2.02. The first-order valence-corrected chi connectivity index (χ1v) is 4.10. The zero-order valence-electron chi connectivity index (χ0n) is 7.84. The molecule has 0 unspecified atom stereocenters. The summed E-state index contributed by atoms with van der Waals surface area (Å²) in [5.74, 6) is -0.230.